The maximum Gasteiger partial charge on any atom is 0.256 e. The molecule has 1 aromatic heterocycles. The smallest absolute Gasteiger partial charge is 0.256 e. The molecular weight excluding hydrogens is 296 g/mol. The fraction of sp³-hybridized carbons (Fsp3) is 0. The zero-order chi connectivity index (χ0) is 13.1. The SMILES string of the molecule is O=C(Nc1ccc(Cl)nn1)c1ccc(Cl)c(Cl)c1. The number of hydrogen-bond acceptors (Lipinski definition) is 3. The summed E-state index contributed by atoms with van der Waals surface area (Å²) in [5.41, 5.74) is 0.376. The molecule has 0 saturated heterocycles. The number of carbonyl (C=O) groups is 1. The molecule has 0 aliphatic heterocycles. The monoisotopic (exact) mass is 301 g/mol. The number of amides is 1. The molecule has 1 aromatic carbocycles. The highest BCUT2D eigenvalue weighted by atomic mass is 35.5. The van der Waals surface area contributed by atoms with Gasteiger partial charge in [-0.05, 0) is 30.3 Å². The first-order valence-electron chi connectivity index (χ1n) is 4.82. The molecule has 0 aliphatic rings. The van der Waals surface area contributed by atoms with Gasteiger partial charge in [0.25, 0.3) is 5.91 Å². The highest BCUT2D eigenvalue weighted by Gasteiger charge is 2.09. The fourth-order valence-corrected chi connectivity index (χ4v) is 1.61. The van der Waals surface area contributed by atoms with Gasteiger partial charge in [0.05, 0.1) is 10.0 Å². The van der Waals surface area contributed by atoms with Crippen LogP contribution in [-0.4, -0.2) is 16.1 Å². The molecule has 0 fully saturated rings. The quantitative estimate of drug-likeness (QED) is 0.920. The topological polar surface area (TPSA) is 54.9 Å². The standard InChI is InChI=1S/C11H6Cl3N3O/c12-7-2-1-6(5-8(7)13)11(18)15-10-4-3-9(14)16-17-10/h1-5H,(H,15,17,18). The zero-order valence-electron chi connectivity index (χ0n) is 8.82. The first kappa shape index (κ1) is 13.1. The molecule has 1 heterocycles. The van der Waals surface area contributed by atoms with Crippen molar-refractivity contribution in [2.75, 3.05) is 5.32 Å². The minimum absolute atomic E-state index is 0.252. The maximum atomic E-state index is 11.8. The van der Waals surface area contributed by atoms with Crippen LogP contribution >= 0.6 is 34.8 Å². The Hall–Kier alpha value is -1.36. The number of halogens is 3. The van der Waals surface area contributed by atoms with Crippen molar-refractivity contribution in [2.24, 2.45) is 0 Å². The van der Waals surface area contributed by atoms with Crippen molar-refractivity contribution in [2.45, 2.75) is 0 Å². The second-order valence-electron chi connectivity index (χ2n) is 3.32. The van der Waals surface area contributed by atoms with Crippen LogP contribution in [0.4, 0.5) is 5.82 Å². The third-order valence-corrected chi connectivity index (χ3v) is 3.00. The predicted octanol–water partition coefficient (Wildman–Crippen LogP) is 3.69. The van der Waals surface area contributed by atoms with Gasteiger partial charge in [0, 0.05) is 5.56 Å². The molecule has 0 radical (unpaired) electrons. The molecule has 1 N–H and O–H groups in total. The minimum Gasteiger partial charge on any atom is -0.305 e. The van der Waals surface area contributed by atoms with Gasteiger partial charge in [-0.25, -0.2) is 0 Å². The Morgan fingerprint density at radius 2 is 1.78 bits per heavy atom. The van der Waals surface area contributed by atoms with Gasteiger partial charge in [-0.1, -0.05) is 34.8 Å². The summed E-state index contributed by atoms with van der Waals surface area (Å²) in [4.78, 5) is 11.8. The van der Waals surface area contributed by atoms with Crippen LogP contribution in [0.1, 0.15) is 10.4 Å². The Bertz CT molecular complexity index is 587. The van der Waals surface area contributed by atoms with Crippen molar-refractivity contribution in [1.29, 1.82) is 0 Å². The van der Waals surface area contributed by atoms with Crippen LogP contribution in [0, 0.1) is 0 Å². The zero-order valence-corrected chi connectivity index (χ0v) is 11.1. The molecule has 1 amide bonds. The average molecular weight is 303 g/mol. The largest absolute Gasteiger partial charge is 0.305 e. The first-order chi connectivity index (χ1) is 8.56. The number of nitrogens with zero attached hydrogens (tertiary/aromatic N) is 2. The van der Waals surface area contributed by atoms with Crippen LogP contribution in [-0.2, 0) is 0 Å². The predicted molar refractivity (Wildman–Crippen MR) is 71.5 cm³/mol. The summed E-state index contributed by atoms with van der Waals surface area (Å²) < 4.78 is 0. The molecule has 18 heavy (non-hydrogen) atoms. The van der Waals surface area contributed by atoms with E-state index < -0.39 is 0 Å². The van der Waals surface area contributed by atoms with Crippen LogP contribution < -0.4 is 5.32 Å². The Morgan fingerprint density at radius 1 is 1.00 bits per heavy atom. The lowest BCUT2D eigenvalue weighted by atomic mass is 10.2. The van der Waals surface area contributed by atoms with Gasteiger partial charge in [-0.2, -0.15) is 0 Å². The summed E-state index contributed by atoms with van der Waals surface area (Å²) in [6.07, 6.45) is 0. The van der Waals surface area contributed by atoms with Gasteiger partial charge in [0.15, 0.2) is 11.0 Å². The van der Waals surface area contributed by atoms with Gasteiger partial charge >= 0.3 is 0 Å². The van der Waals surface area contributed by atoms with E-state index in [1.165, 1.54) is 12.1 Å². The molecule has 2 rings (SSSR count). The van der Waals surface area contributed by atoms with E-state index in [0.29, 0.717) is 21.4 Å². The van der Waals surface area contributed by atoms with Crippen LogP contribution in [0.15, 0.2) is 30.3 Å². The van der Waals surface area contributed by atoms with E-state index in [0.717, 1.165) is 0 Å². The second kappa shape index (κ2) is 5.52. The number of anilines is 1. The molecule has 7 heteroatoms. The summed E-state index contributed by atoms with van der Waals surface area (Å²) in [7, 11) is 0. The third kappa shape index (κ3) is 3.10. The highest BCUT2D eigenvalue weighted by Crippen LogP contribution is 2.22. The fourth-order valence-electron chi connectivity index (χ4n) is 1.21. The molecule has 92 valence electrons. The van der Waals surface area contributed by atoms with Crippen molar-refractivity contribution < 1.29 is 4.79 Å². The summed E-state index contributed by atoms with van der Waals surface area (Å²) in [5.74, 6) is -0.0549. The third-order valence-electron chi connectivity index (χ3n) is 2.06. The van der Waals surface area contributed by atoms with Crippen molar-refractivity contribution in [1.82, 2.24) is 10.2 Å². The molecule has 4 nitrogen and oxygen atoms in total. The molecular formula is C11H6Cl3N3O. The molecule has 0 bridgehead atoms. The van der Waals surface area contributed by atoms with Crippen molar-refractivity contribution in [3.8, 4) is 0 Å². The molecule has 0 atom stereocenters. The van der Waals surface area contributed by atoms with Gasteiger partial charge in [-0.3, -0.25) is 4.79 Å². The Kier molecular flexibility index (Phi) is 4.01. The number of aromatic nitrogens is 2. The van der Waals surface area contributed by atoms with Gasteiger partial charge in [-0.15, -0.1) is 10.2 Å². The number of rotatable bonds is 2. The van der Waals surface area contributed by atoms with E-state index in [9.17, 15) is 4.79 Å². The molecule has 0 unspecified atom stereocenters. The number of benzene rings is 1. The van der Waals surface area contributed by atoms with Crippen molar-refractivity contribution >= 4 is 46.5 Å². The number of hydrogen-bond donors (Lipinski definition) is 1. The first-order valence-corrected chi connectivity index (χ1v) is 5.95. The number of nitrogens with one attached hydrogen (secondary N) is 1. The number of carbonyl (C=O) groups excluding carboxylic acids is 1. The van der Waals surface area contributed by atoms with Crippen molar-refractivity contribution in [3.05, 3.63) is 51.1 Å². The molecule has 2 aromatic rings. The second-order valence-corrected chi connectivity index (χ2v) is 4.53. The van der Waals surface area contributed by atoms with Crippen molar-refractivity contribution in [3.63, 3.8) is 0 Å². The van der Waals surface area contributed by atoms with Gasteiger partial charge < -0.3 is 5.32 Å². The Labute approximate surface area is 118 Å². The van der Waals surface area contributed by atoms with Crippen LogP contribution in [0.5, 0.6) is 0 Å². The highest BCUT2D eigenvalue weighted by molar-refractivity contribution is 6.42. The maximum absolute atomic E-state index is 11.8. The van der Waals surface area contributed by atoms with Crippen LogP contribution in [0.2, 0.25) is 15.2 Å². The van der Waals surface area contributed by atoms with E-state index in [1.54, 1.807) is 18.2 Å². The van der Waals surface area contributed by atoms with E-state index in [-0.39, 0.29) is 11.1 Å². The normalized spacial score (nSPS) is 10.2. The van der Waals surface area contributed by atoms with E-state index >= 15 is 0 Å². The van der Waals surface area contributed by atoms with Crippen LogP contribution in [0.25, 0.3) is 0 Å². The molecule has 0 saturated carbocycles. The Morgan fingerprint density at radius 3 is 2.39 bits per heavy atom. The summed E-state index contributed by atoms with van der Waals surface area (Å²) in [5, 5.41) is 10.8. The summed E-state index contributed by atoms with van der Waals surface area (Å²) >= 11 is 17.2. The molecule has 0 spiro atoms. The average Bonchev–Trinajstić information content (AvgIpc) is 2.35. The van der Waals surface area contributed by atoms with E-state index in [1.807, 2.05) is 0 Å². The lowest BCUT2D eigenvalue weighted by Crippen LogP contribution is -2.13. The van der Waals surface area contributed by atoms with Gasteiger partial charge in [0.1, 0.15) is 0 Å². The lowest BCUT2D eigenvalue weighted by Gasteiger charge is -2.04. The summed E-state index contributed by atoms with van der Waals surface area (Å²) in [6, 6.07) is 7.66. The van der Waals surface area contributed by atoms with Gasteiger partial charge in [0.2, 0.25) is 0 Å². The van der Waals surface area contributed by atoms with Crippen LogP contribution in [0.3, 0.4) is 0 Å². The summed E-state index contributed by atoms with van der Waals surface area (Å²) in [6.45, 7) is 0. The minimum atomic E-state index is -0.356. The van der Waals surface area contributed by atoms with E-state index in [4.69, 9.17) is 34.8 Å². The lowest BCUT2D eigenvalue weighted by molar-refractivity contribution is 0.102. The van der Waals surface area contributed by atoms with E-state index in [2.05, 4.69) is 15.5 Å². The molecule has 0 aliphatic carbocycles. The Balaban J connectivity index is 2.16.